The largest absolute Gasteiger partial charge is 0.437 e. The van der Waals surface area contributed by atoms with Crippen molar-refractivity contribution in [2.45, 2.75) is 37.9 Å². The van der Waals surface area contributed by atoms with Crippen LogP contribution in [0.15, 0.2) is 52.9 Å². The number of alkyl halides is 3. The SMILES string of the molecule is CNC(=O)c1c(-c2ccc(F)cc2)oc2nc(CCC(F)(F)F)c(-c3ccc(F)c(C(=O)NC(C#N)C4CC4)c3)cc12. The fraction of sp³-hybridized carbons (Fsp3) is 0.267. The van der Waals surface area contributed by atoms with Crippen LogP contribution in [-0.2, 0) is 6.42 Å². The minimum absolute atomic E-state index is 0.0107. The van der Waals surface area contributed by atoms with Crippen molar-refractivity contribution in [1.82, 2.24) is 15.6 Å². The van der Waals surface area contributed by atoms with Gasteiger partial charge in [-0.1, -0.05) is 6.07 Å². The first-order valence-electron chi connectivity index (χ1n) is 13.0. The van der Waals surface area contributed by atoms with Gasteiger partial charge in [0, 0.05) is 24.6 Å². The topological polar surface area (TPSA) is 108 Å². The lowest BCUT2D eigenvalue weighted by atomic mass is 9.96. The fourth-order valence-corrected chi connectivity index (χ4v) is 4.69. The van der Waals surface area contributed by atoms with Crippen LogP contribution in [0.4, 0.5) is 22.0 Å². The van der Waals surface area contributed by atoms with Gasteiger partial charge in [-0.05, 0) is 73.2 Å². The van der Waals surface area contributed by atoms with E-state index < -0.39 is 54.1 Å². The van der Waals surface area contributed by atoms with Gasteiger partial charge < -0.3 is 15.1 Å². The first-order valence-corrected chi connectivity index (χ1v) is 13.0. The summed E-state index contributed by atoms with van der Waals surface area (Å²) in [6, 6.07) is 11.1. The molecule has 1 aliphatic rings. The lowest BCUT2D eigenvalue weighted by Crippen LogP contribution is -2.35. The van der Waals surface area contributed by atoms with Crippen molar-refractivity contribution in [2.75, 3.05) is 7.05 Å². The minimum Gasteiger partial charge on any atom is -0.437 e. The van der Waals surface area contributed by atoms with Crippen LogP contribution in [0, 0.1) is 28.9 Å². The number of benzene rings is 2. The number of fused-ring (bicyclic) bond motifs is 1. The van der Waals surface area contributed by atoms with Gasteiger partial charge in [-0.15, -0.1) is 0 Å². The number of nitrogens with zero attached hydrogens (tertiary/aromatic N) is 2. The second-order valence-corrected chi connectivity index (χ2v) is 9.96. The van der Waals surface area contributed by atoms with Gasteiger partial charge in [-0.3, -0.25) is 9.59 Å². The summed E-state index contributed by atoms with van der Waals surface area (Å²) >= 11 is 0. The van der Waals surface area contributed by atoms with Gasteiger partial charge >= 0.3 is 6.18 Å². The number of halogens is 5. The molecule has 2 amide bonds. The highest BCUT2D eigenvalue weighted by atomic mass is 19.4. The van der Waals surface area contributed by atoms with Crippen LogP contribution in [0.3, 0.4) is 0 Å². The molecule has 0 aliphatic heterocycles. The Morgan fingerprint density at radius 2 is 1.76 bits per heavy atom. The van der Waals surface area contributed by atoms with Gasteiger partial charge in [0.15, 0.2) is 0 Å². The van der Waals surface area contributed by atoms with E-state index in [4.69, 9.17) is 4.42 Å². The normalized spacial score (nSPS) is 13.9. The number of carbonyl (C=O) groups is 2. The zero-order valence-corrected chi connectivity index (χ0v) is 22.1. The Labute approximate surface area is 236 Å². The van der Waals surface area contributed by atoms with E-state index in [2.05, 4.69) is 15.6 Å². The van der Waals surface area contributed by atoms with E-state index in [9.17, 15) is 36.8 Å². The number of hydrogen-bond acceptors (Lipinski definition) is 5. The lowest BCUT2D eigenvalue weighted by molar-refractivity contribution is -0.134. The number of nitriles is 1. The maximum absolute atomic E-state index is 14.8. The number of aryl methyl sites for hydroxylation is 1. The zero-order valence-electron chi connectivity index (χ0n) is 22.1. The Morgan fingerprint density at radius 3 is 2.38 bits per heavy atom. The third kappa shape index (κ3) is 5.95. The van der Waals surface area contributed by atoms with E-state index in [-0.39, 0.29) is 45.2 Å². The van der Waals surface area contributed by atoms with Crippen LogP contribution in [0.1, 0.15) is 45.7 Å². The van der Waals surface area contributed by atoms with Crippen LogP contribution in [0.25, 0.3) is 33.6 Å². The Morgan fingerprint density at radius 1 is 1.07 bits per heavy atom. The predicted octanol–water partition coefficient (Wildman–Crippen LogP) is 6.33. The molecule has 1 saturated carbocycles. The highest BCUT2D eigenvalue weighted by Gasteiger charge is 2.33. The van der Waals surface area contributed by atoms with E-state index in [1.807, 2.05) is 6.07 Å². The average Bonchev–Trinajstić information content (AvgIpc) is 3.74. The van der Waals surface area contributed by atoms with Gasteiger partial charge in [-0.25, -0.2) is 13.8 Å². The molecule has 5 rings (SSSR count). The molecule has 7 nitrogen and oxygen atoms in total. The molecule has 4 aromatic rings. The second kappa shape index (κ2) is 11.2. The van der Waals surface area contributed by atoms with Gasteiger partial charge in [0.1, 0.15) is 23.4 Å². The Kier molecular flexibility index (Phi) is 7.69. The first-order chi connectivity index (χ1) is 20.0. The summed E-state index contributed by atoms with van der Waals surface area (Å²) in [5.41, 5.74) is 0.0352. The van der Waals surface area contributed by atoms with E-state index in [1.54, 1.807) is 0 Å². The number of pyridine rings is 1. The molecule has 0 spiro atoms. The third-order valence-corrected chi connectivity index (χ3v) is 7.01. The van der Waals surface area contributed by atoms with Crippen molar-refractivity contribution in [1.29, 1.82) is 5.26 Å². The van der Waals surface area contributed by atoms with Crippen LogP contribution < -0.4 is 10.6 Å². The maximum atomic E-state index is 14.8. The zero-order chi connectivity index (χ0) is 30.2. The van der Waals surface area contributed by atoms with Crippen LogP contribution >= 0.6 is 0 Å². The Balaban J connectivity index is 1.67. The molecule has 1 fully saturated rings. The number of hydrogen-bond donors (Lipinski definition) is 2. The molecule has 1 atom stereocenters. The number of amides is 2. The smallest absolute Gasteiger partial charge is 0.389 e. The molecule has 216 valence electrons. The van der Waals surface area contributed by atoms with E-state index in [0.717, 1.165) is 31.0 Å². The summed E-state index contributed by atoms with van der Waals surface area (Å²) in [7, 11) is 1.38. The van der Waals surface area contributed by atoms with E-state index >= 15 is 0 Å². The van der Waals surface area contributed by atoms with E-state index in [0.29, 0.717) is 5.56 Å². The van der Waals surface area contributed by atoms with E-state index in [1.165, 1.54) is 37.4 Å². The number of carbonyl (C=O) groups excluding carboxylic acids is 2. The monoisotopic (exact) mass is 582 g/mol. The highest BCUT2D eigenvalue weighted by Crippen LogP contribution is 2.38. The molecular formula is C30H23F5N4O3. The third-order valence-electron chi connectivity index (χ3n) is 7.01. The molecule has 1 unspecified atom stereocenters. The number of nitrogens with one attached hydrogen (secondary N) is 2. The average molecular weight is 583 g/mol. The number of furan rings is 1. The summed E-state index contributed by atoms with van der Waals surface area (Å²) in [5.74, 6) is -2.84. The maximum Gasteiger partial charge on any atom is 0.389 e. The predicted molar refractivity (Wildman–Crippen MR) is 142 cm³/mol. The molecule has 2 aromatic heterocycles. The molecule has 12 heteroatoms. The van der Waals surface area contributed by atoms with Crippen molar-refractivity contribution >= 4 is 22.9 Å². The molecule has 2 aromatic carbocycles. The second-order valence-electron chi connectivity index (χ2n) is 9.96. The number of aromatic nitrogens is 1. The van der Waals surface area contributed by atoms with Crippen LogP contribution in [-0.4, -0.2) is 36.1 Å². The lowest BCUT2D eigenvalue weighted by Gasteiger charge is -2.14. The summed E-state index contributed by atoms with van der Waals surface area (Å²) in [5, 5.41) is 14.5. The van der Waals surface area contributed by atoms with Crippen molar-refractivity contribution in [3.05, 3.63) is 77.0 Å². The van der Waals surface area contributed by atoms with Gasteiger partial charge in [0.05, 0.1) is 28.3 Å². The van der Waals surface area contributed by atoms with Crippen molar-refractivity contribution in [2.24, 2.45) is 5.92 Å². The van der Waals surface area contributed by atoms with Crippen molar-refractivity contribution in [3.63, 3.8) is 0 Å². The fourth-order valence-electron chi connectivity index (χ4n) is 4.69. The van der Waals surface area contributed by atoms with Crippen molar-refractivity contribution < 1.29 is 36.0 Å². The summed E-state index contributed by atoms with van der Waals surface area (Å²) in [6.45, 7) is 0. The first kappa shape index (κ1) is 28.7. The quantitative estimate of drug-likeness (QED) is 0.236. The standard InChI is InChI=1S/C30H23F5N4O3/c1-37-28(41)25-21-13-19(17-6-9-22(32)20(12-17)27(40)38-24(14-36)15-2-3-15)23(10-11-30(33,34)35)39-29(21)42-26(25)16-4-7-18(31)8-5-16/h4-9,12-13,15,24H,2-3,10-11H2,1H3,(H,37,41)(H,38,40). The summed E-state index contributed by atoms with van der Waals surface area (Å²) < 4.78 is 74.0. The van der Waals surface area contributed by atoms with Crippen LogP contribution in [0.2, 0.25) is 0 Å². The Bertz CT molecular complexity index is 1720. The molecular weight excluding hydrogens is 559 g/mol. The molecule has 0 bridgehead atoms. The number of rotatable bonds is 8. The van der Waals surface area contributed by atoms with Crippen molar-refractivity contribution in [3.8, 4) is 28.5 Å². The Hall–Kier alpha value is -4.79. The van der Waals surface area contributed by atoms with Gasteiger partial charge in [0.2, 0.25) is 5.71 Å². The van der Waals surface area contributed by atoms with Crippen LogP contribution in [0.5, 0.6) is 0 Å². The molecule has 42 heavy (non-hydrogen) atoms. The van der Waals surface area contributed by atoms with Gasteiger partial charge in [-0.2, -0.15) is 18.4 Å². The molecule has 2 N–H and O–H groups in total. The minimum atomic E-state index is -4.52. The highest BCUT2D eigenvalue weighted by molar-refractivity contribution is 6.11. The molecule has 0 saturated heterocycles. The molecule has 0 radical (unpaired) electrons. The molecule has 1 aliphatic carbocycles. The van der Waals surface area contributed by atoms with Gasteiger partial charge in [0.25, 0.3) is 11.8 Å². The summed E-state index contributed by atoms with van der Waals surface area (Å²) in [6.07, 6.45) is -4.81. The summed E-state index contributed by atoms with van der Waals surface area (Å²) in [4.78, 5) is 30.2. The molecule has 2 heterocycles.